The summed E-state index contributed by atoms with van der Waals surface area (Å²) in [6.07, 6.45) is 1.69. The van der Waals surface area contributed by atoms with E-state index >= 15 is 0 Å². The van der Waals surface area contributed by atoms with Gasteiger partial charge in [0, 0.05) is 24.7 Å². The van der Waals surface area contributed by atoms with Crippen LogP contribution in [0, 0.1) is 10.1 Å². The summed E-state index contributed by atoms with van der Waals surface area (Å²) in [7, 11) is 2.05. The Balaban J connectivity index is 2.42. The van der Waals surface area contributed by atoms with E-state index < -0.39 is 0 Å². The van der Waals surface area contributed by atoms with Crippen molar-refractivity contribution in [3.63, 3.8) is 0 Å². The van der Waals surface area contributed by atoms with Crippen LogP contribution in [0.5, 0.6) is 0 Å². The molecule has 1 aromatic rings. The smallest absolute Gasteiger partial charge is 0.272 e. The van der Waals surface area contributed by atoms with Crippen LogP contribution in [0.2, 0.25) is 0 Å². The fraction of sp³-hybridized carbons (Fsp3) is 0.455. The normalized spacial score (nSPS) is 16.9. The van der Waals surface area contributed by atoms with E-state index in [1.807, 2.05) is 6.07 Å². The molecule has 0 saturated carbocycles. The molecule has 0 bridgehead atoms. The molecule has 0 amide bonds. The van der Waals surface area contributed by atoms with Gasteiger partial charge in [-0.2, -0.15) is 0 Å². The van der Waals surface area contributed by atoms with Crippen LogP contribution in [0.1, 0.15) is 11.1 Å². The van der Waals surface area contributed by atoms with E-state index in [0.717, 1.165) is 37.1 Å². The summed E-state index contributed by atoms with van der Waals surface area (Å²) in [6, 6.07) is 5.38. The van der Waals surface area contributed by atoms with Crippen molar-refractivity contribution in [3.8, 4) is 0 Å². The maximum atomic E-state index is 10.9. The van der Waals surface area contributed by atoms with Gasteiger partial charge >= 0.3 is 0 Å². The Labute approximate surface area is 88.7 Å². The number of fused-ring (bicyclic) bond motifs is 1. The summed E-state index contributed by atoms with van der Waals surface area (Å²) in [6.45, 7) is 1.88. The van der Waals surface area contributed by atoms with E-state index in [0.29, 0.717) is 0 Å². The second-order valence-corrected chi connectivity index (χ2v) is 3.98. The highest BCUT2D eigenvalue weighted by Crippen LogP contribution is 2.25. The number of rotatable bonds is 1. The number of benzene rings is 1. The van der Waals surface area contributed by atoms with E-state index in [-0.39, 0.29) is 10.6 Å². The van der Waals surface area contributed by atoms with E-state index in [2.05, 4.69) is 11.9 Å². The van der Waals surface area contributed by atoms with Gasteiger partial charge in [0.25, 0.3) is 5.69 Å². The zero-order valence-electron chi connectivity index (χ0n) is 8.77. The molecule has 2 rings (SSSR count). The summed E-state index contributed by atoms with van der Waals surface area (Å²) < 4.78 is 0. The SMILES string of the molecule is CN1CCc2cccc([N+](=O)[O-])c2CC1. The van der Waals surface area contributed by atoms with Gasteiger partial charge < -0.3 is 4.90 Å². The summed E-state index contributed by atoms with van der Waals surface area (Å²) in [4.78, 5) is 12.8. The minimum Gasteiger partial charge on any atom is -0.306 e. The molecular weight excluding hydrogens is 192 g/mol. The standard InChI is InChI=1S/C11H14N2O2/c1-12-7-5-9-3-2-4-11(13(14)15)10(9)6-8-12/h2-4H,5-8H2,1H3. The molecule has 80 valence electrons. The van der Waals surface area contributed by atoms with Crippen LogP contribution in [0.25, 0.3) is 0 Å². The number of nitro benzene ring substituents is 1. The van der Waals surface area contributed by atoms with E-state index in [1.165, 1.54) is 0 Å². The highest BCUT2D eigenvalue weighted by molar-refractivity contribution is 5.46. The molecule has 0 aromatic heterocycles. The van der Waals surface area contributed by atoms with Gasteiger partial charge in [0.1, 0.15) is 0 Å². The van der Waals surface area contributed by atoms with Crippen molar-refractivity contribution in [2.24, 2.45) is 0 Å². The van der Waals surface area contributed by atoms with Crippen LogP contribution in [0.3, 0.4) is 0 Å². The lowest BCUT2D eigenvalue weighted by Gasteiger charge is -2.10. The molecule has 1 aliphatic heterocycles. The first-order valence-electron chi connectivity index (χ1n) is 5.12. The van der Waals surface area contributed by atoms with Gasteiger partial charge in [-0.05, 0) is 25.5 Å². The van der Waals surface area contributed by atoms with Gasteiger partial charge in [0.05, 0.1) is 4.92 Å². The van der Waals surface area contributed by atoms with Crippen LogP contribution in [0.4, 0.5) is 5.69 Å². The third kappa shape index (κ3) is 1.99. The lowest BCUT2D eigenvalue weighted by Crippen LogP contribution is -2.20. The van der Waals surface area contributed by atoms with Crippen molar-refractivity contribution in [1.29, 1.82) is 0 Å². The summed E-state index contributed by atoms with van der Waals surface area (Å²) in [5.41, 5.74) is 2.34. The fourth-order valence-electron chi connectivity index (χ4n) is 2.04. The monoisotopic (exact) mass is 206 g/mol. The zero-order chi connectivity index (χ0) is 10.8. The molecule has 0 N–H and O–H groups in total. The molecule has 0 saturated heterocycles. The molecule has 1 heterocycles. The molecule has 0 unspecified atom stereocenters. The highest BCUT2D eigenvalue weighted by Gasteiger charge is 2.19. The molecule has 1 aliphatic rings. The summed E-state index contributed by atoms with van der Waals surface area (Å²) in [5.74, 6) is 0. The molecule has 4 nitrogen and oxygen atoms in total. The topological polar surface area (TPSA) is 46.4 Å². The average Bonchev–Trinajstić information content (AvgIpc) is 2.40. The Morgan fingerprint density at radius 2 is 2.07 bits per heavy atom. The molecule has 15 heavy (non-hydrogen) atoms. The highest BCUT2D eigenvalue weighted by atomic mass is 16.6. The molecule has 0 fully saturated rings. The van der Waals surface area contributed by atoms with E-state index in [9.17, 15) is 10.1 Å². The first kappa shape index (κ1) is 10.1. The van der Waals surface area contributed by atoms with Crippen molar-refractivity contribution in [1.82, 2.24) is 4.90 Å². The Bertz CT molecular complexity index is 390. The average molecular weight is 206 g/mol. The number of nitro groups is 1. The Morgan fingerprint density at radius 3 is 2.80 bits per heavy atom. The van der Waals surface area contributed by atoms with Crippen molar-refractivity contribution >= 4 is 5.69 Å². The summed E-state index contributed by atoms with van der Waals surface area (Å²) in [5, 5.41) is 10.9. The minimum absolute atomic E-state index is 0.274. The Morgan fingerprint density at radius 1 is 1.33 bits per heavy atom. The molecule has 0 atom stereocenters. The molecular formula is C11H14N2O2. The third-order valence-corrected chi connectivity index (χ3v) is 2.95. The van der Waals surface area contributed by atoms with Gasteiger partial charge in [-0.3, -0.25) is 10.1 Å². The van der Waals surface area contributed by atoms with Crippen LogP contribution in [0.15, 0.2) is 18.2 Å². The second kappa shape index (κ2) is 3.98. The van der Waals surface area contributed by atoms with Crippen LogP contribution >= 0.6 is 0 Å². The second-order valence-electron chi connectivity index (χ2n) is 3.98. The van der Waals surface area contributed by atoms with Crippen molar-refractivity contribution in [2.45, 2.75) is 12.8 Å². The van der Waals surface area contributed by atoms with E-state index in [1.54, 1.807) is 12.1 Å². The molecule has 0 radical (unpaired) electrons. The first-order chi connectivity index (χ1) is 7.18. The first-order valence-corrected chi connectivity index (χ1v) is 5.12. The Kier molecular flexibility index (Phi) is 2.68. The third-order valence-electron chi connectivity index (χ3n) is 2.95. The largest absolute Gasteiger partial charge is 0.306 e. The quantitative estimate of drug-likeness (QED) is 0.518. The molecule has 1 aromatic carbocycles. The van der Waals surface area contributed by atoms with Crippen molar-refractivity contribution in [3.05, 3.63) is 39.4 Å². The lowest BCUT2D eigenvalue weighted by molar-refractivity contribution is -0.385. The van der Waals surface area contributed by atoms with Gasteiger partial charge in [0.2, 0.25) is 0 Å². The Hall–Kier alpha value is -1.42. The zero-order valence-corrected chi connectivity index (χ0v) is 8.77. The lowest BCUT2D eigenvalue weighted by atomic mass is 10.0. The number of hydrogen-bond donors (Lipinski definition) is 0. The van der Waals surface area contributed by atoms with Crippen LogP contribution in [-0.2, 0) is 12.8 Å². The maximum Gasteiger partial charge on any atom is 0.272 e. The van der Waals surface area contributed by atoms with Gasteiger partial charge in [-0.25, -0.2) is 0 Å². The molecule has 4 heteroatoms. The number of nitrogens with zero attached hydrogens (tertiary/aromatic N) is 2. The van der Waals surface area contributed by atoms with Gasteiger partial charge in [0.15, 0.2) is 0 Å². The molecule has 0 spiro atoms. The van der Waals surface area contributed by atoms with Crippen molar-refractivity contribution < 1.29 is 4.92 Å². The van der Waals surface area contributed by atoms with Crippen molar-refractivity contribution in [2.75, 3.05) is 20.1 Å². The minimum atomic E-state index is -0.274. The van der Waals surface area contributed by atoms with E-state index in [4.69, 9.17) is 0 Å². The molecule has 0 aliphatic carbocycles. The number of hydrogen-bond acceptors (Lipinski definition) is 3. The van der Waals surface area contributed by atoms with Crippen LogP contribution < -0.4 is 0 Å². The fourth-order valence-corrected chi connectivity index (χ4v) is 2.04. The number of likely N-dealkylation sites (N-methyl/N-ethyl adjacent to an activating group) is 1. The van der Waals surface area contributed by atoms with Gasteiger partial charge in [-0.1, -0.05) is 12.1 Å². The predicted octanol–water partition coefficient (Wildman–Crippen LogP) is 1.63. The maximum absolute atomic E-state index is 10.9. The predicted molar refractivity (Wildman–Crippen MR) is 58.0 cm³/mol. The summed E-state index contributed by atoms with van der Waals surface area (Å²) >= 11 is 0. The van der Waals surface area contributed by atoms with Crippen LogP contribution in [-0.4, -0.2) is 30.0 Å². The van der Waals surface area contributed by atoms with Gasteiger partial charge in [-0.15, -0.1) is 0 Å².